The number of anilines is 1. The van der Waals surface area contributed by atoms with Crippen molar-refractivity contribution in [1.29, 1.82) is 0 Å². The van der Waals surface area contributed by atoms with E-state index in [1.807, 2.05) is 6.92 Å². The topological polar surface area (TPSA) is 61.6 Å². The van der Waals surface area contributed by atoms with E-state index in [9.17, 15) is 13.6 Å². The molecule has 1 atom stereocenters. The Morgan fingerprint density at radius 3 is 1.94 bits per heavy atom. The standard InChI is InChI=1S/C25H28F2N4O2/c1-3-22(25(32)28-23-16-17(2)33-29-23)30-12-14-31(15-13-30)24(18-4-8-20(26)9-5-18)19-6-10-21(27)11-7-19/h4-11,16,22,24H,3,12-15H2,1-2H3,(H,28,29,32)/t22-/m1/s1. The van der Waals surface area contributed by atoms with Gasteiger partial charge in [-0.1, -0.05) is 36.3 Å². The molecule has 4 rings (SSSR count). The number of carbonyl (C=O) groups excluding carboxylic acids is 1. The maximum atomic E-state index is 13.5. The van der Waals surface area contributed by atoms with Crippen molar-refractivity contribution in [2.45, 2.75) is 32.4 Å². The van der Waals surface area contributed by atoms with E-state index in [2.05, 4.69) is 20.3 Å². The Balaban J connectivity index is 1.47. The molecular weight excluding hydrogens is 426 g/mol. The highest BCUT2D eigenvalue weighted by atomic mass is 19.1. The number of rotatable bonds is 7. The van der Waals surface area contributed by atoms with Gasteiger partial charge in [-0.2, -0.15) is 0 Å². The Morgan fingerprint density at radius 2 is 1.48 bits per heavy atom. The highest BCUT2D eigenvalue weighted by molar-refractivity contribution is 5.94. The second-order valence-electron chi connectivity index (χ2n) is 8.31. The van der Waals surface area contributed by atoms with Gasteiger partial charge in [0.25, 0.3) is 0 Å². The van der Waals surface area contributed by atoms with E-state index in [1.54, 1.807) is 37.3 Å². The zero-order valence-electron chi connectivity index (χ0n) is 18.8. The van der Waals surface area contributed by atoms with E-state index in [0.29, 0.717) is 44.2 Å². The predicted octanol–water partition coefficient (Wildman–Crippen LogP) is 4.39. The number of hydrogen-bond acceptors (Lipinski definition) is 5. The van der Waals surface area contributed by atoms with E-state index in [-0.39, 0.29) is 29.6 Å². The van der Waals surface area contributed by atoms with E-state index >= 15 is 0 Å². The lowest BCUT2D eigenvalue weighted by atomic mass is 9.96. The van der Waals surface area contributed by atoms with E-state index in [0.717, 1.165) is 11.1 Å². The summed E-state index contributed by atoms with van der Waals surface area (Å²) in [5.74, 6) is 0.371. The van der Waals surface area contributed by atoms with Gasteiger partial charge in [0, 0.05) is 32.2 Å². The molecule has 3 aromatic rings. The summed E-state index contributed by atoms with van der Waals surface area (Å²) in [5.41, 5.74) is 1.89. The van der Waals surface area contributed by atoms with Gasteiger partial charge in [0.05, 0.1) is 12.1 Å². The molecule has 6 nitrogen and oxygen atoms in total. The molecule has 1 aliphatic rings. The summed E-state index contributed by atoms with van der Waals surface area (Å²) in [6, 6.07) is 14.2. The van der Waals surface area contributed by atoms with Crippen molar-refractivity contribution in [2.24, 2.45) is 0 Å². The monoisotopic (exact) mass is 454 g/mol. The first-order valence-corrected chi connectivity index (χ1v) is 11.2. The van der Waals surface area contributed by atoms with Gasteiger partial charge < -0.3 is 9.84 Å². The molecule has 0 bridgehead atoms. The molecule has 1 N–H and O–H groups in total. The Kier molecular flexibility index (Phi) is 7.15. The first kappa shape index (κ1) is 23.1. The number of nitrogens with zero attached hydrogens (tertiary/aromatic N) is 3. The minimum absolute atomic E-state index is 0.104. The molecule has 0 spiro atoms. The number of halogens is 2. The molecule has 2 heterocycles. The summed E-state index contributed by atoms with van der Waals surface area (Å²) in [7, 11) is 0. The van der Waals surface area contributed by atoms with Crippen LogP contribution in [-0.4, -0.2) is 53.1 Å². The highest BCUT2D eigenvalue weighted by Crippen LogP contribution is 2.30. The van der Waals surface area contributed by atoms with Crippen LogP contribution in [0.2, 0.25) is 0 Å². The molecule has 33 heavy (non-hydrogen) atoms. The van der Waals surface area contributed by atoms with Crippen molar-refractivity contribution < 1.29 is 18.1 Å². The fourth-order valence-corrected chi connectivity index (χ4v) is 4.46. The Morgan fingerprint density at radius 1 is 0.970 bits per heavy atom. The van der Waals surface area contributed by atoms with Crippen LogP contribution in [0.5, 0.6) is 0 Å². The molecule has 0 saturated carbocycles. The lowest BCUT2D eigenvalue weighted by molar-refractivity contribution is -0.122. The minimum Gasteiger partial charge on any atom is -0.360 e. The Labute approximate surface area is 192 Å². The van der Waals surface area contributed by atoms with Crippen LogP contribution in [0.3, 0.4) is 0 Å². The summed E-state index contributed by atoms with van der Waals surface area (Å²) >= 11 is 0. The molecule has 174 valence electrons. The van der Waals surface area contributed by atoms with Gasteiger partial charge >= 0.3 is 0 Å². The van der Waals surface area contributed by atoms with Crippen molar-refractivity contribution >= 4 is 11.7 Å². The third-order valence-electron chi connectivity index (χ3n) is 6.09. The van der Waals surface area contributed by atoms with Crippen molar-refractivity contribution in [1.82, 2.24) is 15.0 Å². The average molecular weight is 455 g/mol. The first-order chi connectivity index (χ1) is 15.9. The van der Waals surface area contributed by atoms with Crippen LogP contribution in [0, 0.1) is 18.6 Å². The number of aryl methyl sites for hydroxylation is 1. The molecule has 2 aromatic carbocycles. The number of nitrogens with one attached hydrogen (secondary N) is 1. The predicted molar refractivity (Wildman–Crippen MR) is 122 cm³/mol. The van der Waals surface area contributed by atoms with Gasteiger partial charge in [-0.25, -0.2) is 8.78 Å². The number of amides is 1. The SMILES string of the molecule is CC[C@H](C(=O)Nc1cc(C)on1)N1CCN(C(c2ccc(F)cc2)c2ccc(F)cc2)CC1. The van der Waals surface area contributed by atoms with Crippen LogP contribution in [0.1, 0.15) is 36.3 Å². The number of aromatic nitrogens is 1. The number of piperazine rings is 1. The summed E-state index contributed by atoms with van der Waals surface area (Å²) in [6.45, 7) is 6.59. The van der Waals surface area contributed by atoms with Crippen molar-refractivity contribution in [3.05, 3.63) is 83.1 Å². The van der Waals surface area contributed by atoms with Crippen LogP contribution in [-0.2, 0) is 4.79 Å². The van der Waals surface area contributed by atoms with Gasteiger partial charge in [0.1, 0.15) is 17.4 Å². The second kappa shape index (κ2) is 10.2. The normalized spacial score (nSPS) is 16.2. The maximum Gasteiger partial charge on any atom is 0.242 e. The van der Waals surface area contributed by atoms with E-state index in [1.165, 1.54) is 24.3 Å². The number of hydrogen-bond donors (Lipinski definition) is 1. The Bertz CT molecular complexity index is 1020. The molecule has 1 aromatic heterocycles. The van der Waals surface area contributed by atoms with E-state index < -0.39 is 0 Å². The van der Waals surface area contributed by atoms with Gasteiger partial charge in [-0.05, 0) is 48.7 Å². The molecule has 1 aliphatic heterocycles. The van der Waals surface area contributed by atoms with Crippen molar-refractivity contribution in [3.63, 3.8) is 0 Å². The van der Waals surface area contributed by atoms with Gasteiger partial charge in [0.15, 0.2) is 5.82 Å². The lowest BCUT2D eigenvalue weighted by Crippen LogP contribution is -2.54. The smallest absolute Gasteiger partial charge is 0.242 e. The molecular formula is C25H28F2N4O2. The zero-order valence-corrected chi connectivity index (χ0v) is 18.8. The number of benzene rings is 2. The van der Waals surface area contributed by atoms with Gasteiger partial charge in [-0.3, -0.25) is 14.6 Å². The molecule has 0 radical (unpaired) electrons. The van der Waals surface area contributed by atoms with Crippen LogP contribution in [0.15, 0.2) is 59.1 Å². The zero-order chi connectivity index (χ0) is 23.4. The maximum absolute atomic E-state index is 13.5. The van der Waals surface area contributed by atoms with Crippen molar-refractivity contribution in [3.8, 4) is 0 Å². The molecule has 1 amide bonds. The molecule has 8 heteroatoms. The van der Waals surface area contributed by atoms with Crippen LogP contribution >= 0.6 is 0 Å². The van der Waals surface area contributed by atoms with Crippen molar-refractivity contribution in [2.75, 3.05) is 31.5 Å². The molecule has 1 saturated heterocycles. The third kappa shape index (κ3) is 5.46. The molecule has 1 fully saturated rings. The number of carbonyl (C=O) groups is 1. The summed E-state index contributed by atoms with van der Waals surface area (Å²) in [4.78, 5) is 17.3. The fourth-order valence-electron chi connectivity index (χ4n) is 4.46. The van der Waals surface area contributed by atoms with Gasteiger partial charge in [0.2, 0.25) is 5.91 Å². The fraction of sp³-hybridized carbons (Fsp3) is 0.360. The Hall–Kier alpha value is -3.10. The minimum atomic E-state index is -0.291. The highest BCUT2D eigenvalue weighted by Gasteiger charge is 2.31. The first-order valence-electron chi connectivity index (χ1n) is 11.2. The summed E-state index contributed by atoms with van der Waals surface area (Å²) < 4.78 is 32.1. The van der Waals surface area contributed by atoms with E-state index in [4.69, 9.17) is 4.52 Å². The van der Waals surface area contributed by atoms with Crippen LogP contribution < -0.4 is 5.32 Å². The lowest BCUT2D eigenvalue weighted by Gasteiger charge is -2.42. The average Bonchev–Trinajstić information content (AvgIpc) is 3.22. The summed E-state index contributed by atoms with van der Waals surface area (Å²) in [6.07, 6.45) is 0.669. The molecule has 0 unspecified atom stereocenters. The quantitative estimate of drug-likeness (QED) is 0.574. The molecule has 0 aliphatic carbocycles. The third-order valence-corrected chi connectivity index (χ3v) is 6.09. The largest absolute Gasteiger partial charge is 0.360 e. The van der Waals surface area contributed by atoms with Crippen LogP contribution in [0.4, 0.5) is 14.6 Å². The van der Waals surface area contributed by atoms with Gasteiger partial charge in [-0.15, -0.1) is 0 Å². The van der Waals surface area contributed by atoms with Crippen LogP contribution in [0.25, 0.3) is 0 Å². The summed E-state index contributed by atoms with van der Waals surface area (Å²) in [5, 5.41) is 6.68. The second-order valence-corrected chi connectivity index (χ2v) is 8.31.